The van der Waals surface area contributed by atoms with Crippen LogP contribution in [-0.4, -0.2) is 43.7 Å². The van der Waals surface area contributed by atoms with Gasteiger partial charge in [0.2, 0.25) is 0 Å². The molecule has 5 heterocycles. The number of hydrogen-bond donors (Lipinski definition) is 0. The van der Waals surface area contributed by atoms with Gasteiger partial charge >= 0.3 is 5.97 Å². The average molecular weight is 396 g/mol. The van der Waals surface area contributed by atoms with Crippen LogP contribution < -0.4 is 4.74 Å². The molecule has 2 aromatic rings. The molecule has 4 nitrogen and oxygen atoms in total. The number of ether oxygens (including phenoxy) is 2. The zero-order valence-electron chi connectivity index (χ0n) is 16.2. The number of nitrogens with zero attached hydrogens (tertiary/aromatic N) is 1. The van der Waals surface area contributed by atoms with Crippen molar-refractivity contribution in [2.75, 3.05) is 20.8 Å². The highest BCUT2D eigenvalue weighted by atomic mass is 32.1. The predicted octanol–water partition coefficient (Wildman–Crippen LogP) is 4.02. The first-order chi connectivity index (χ1) is 13.7. The van der Waals surface area contributed by atoms with E-state index in [0.717, 1.165) is 5.75 Å². The molecule has 5 aliphatic rings. The second kappa shape index (κ2) is 6.07. The normalized spacial score (nSPS) is 39.5. The van der Waals surface area contributed by atoms with Crippen molar-refractivity contribution in [3.8, 4) is 16.2 Å². The summed E-state index contributed by atoms with van der Waals surface area (Å²) in [6.07, 6.45) is 2.41. The number of rotatable bonds is 4. The van der Waals surface area contributed by atoms with E-state index < -0.39 is 0 Å². The van der Waals surface area contributed by atoms with Crippen molar-refractivity contribution in [3.63, 3.8) is 0 Å². The Morgan fingerprint density at radius 2 is 1.82 bits per heavy atom. The molecule has 1 aromatic heterocycles. The van der Waals surface area contributed by atoms with Crippen LogP contribution in [0.5, 0.6) is 5.75 Å². The monoisotopic (exact) mass is 395 g/mol. The van der Waals surface area contributed by atoms with Crippen molar-refractivity contribution in [3.05, 3.63) is 41.3 Å². The summed E-state index contributed by atoms with van der Waals surface area (Å²) in [6.45, 7) is 1.17. The zero-order chi connectivity index (χ0) is 19.0. The van der Waals surface area contributed by atoms with E-state index in [9.17, 15) is 4.79 Å². The summed E-state index contributed by atoms with van der Waals surface area (Å²) < 4.78 is 10.5. The molecule has 5 fully saturated rings. The number of esters is 1. The summed E-state index contributed by atoms with van der Waals surface area (Å²) in [6, 6.07) is 14.0. The number of benzene rings is 1. The van der Waals surface area contributed by atoms with Gasteiger partial charge in [-0.2, -0.15) is 0 Å². The lowest BCUT2D eigenvalue weighted by atomic mass is 9.45. The largest absolute Gasteiger partial charge is 0.497 e. The molecule has 0 amide bonds. The fourth-order valence-corrected chi connectivity index (χ4v) is 8.17. The molecular formula is C23H25NO3S. The molecule has 8 atom stereocenters. The Labute approximate surface area is 169 Å². The van der Waals surface area contributed by atoms with Crippen LogP contribution in [0.25, 0.3) is 10.4 Å². The summed E-state index contributed by atoms with van der Waals surface area (Å²) in [5.74, 6) is 3.42. The molecule has 5 heteroatoms. The molecule has 4 saturated heterocycles. The van der Waals surface area contributed by atoms with Gasteiger partial charge in [0.1, 0.15) is 5.75 Å². The van der Waals surface area contributed by atoms with Crippen LogP contribution in [0.3, 0.4) is 0 Å². The second-order valence-electron chi connectivity index (χ2n) is 8.73. The number of carbonyl (C=O) groups is 1. The van der Waals surface area contributed by atoms with Crippen molar-refractivity contribution in [2.24, 2.45) is 23.7 Å². The summed E-state index contributed by atoms with van der Waals surface area (Å²) >= 11 is 1.93. The topological polar surface area (TPSA) is 38.8 Å². The Balaban J connectivity index is 1.30. The van der Waals surface area contributed by atoms with E-state index in [4.69, 9.17) is 9.47 Å². The third-order valence-corrected chi connectivity index (χ3v) is 9.16. The lowest BCUT2D eigenvalue weighted by Gasteiger charge is -2.69. The molecule has 1 aliphatic carbocycles. The van der Waals surface area contributed by atoms with E-state index in [-0.39, 0.29) is 11.9 Å². The Hall–Kier alpha value is -1.85. The van der Waals surface area contributed by atoms with E-state index in [1.165, 1.54) is 34.7 Å². The van der Waals surface area contributed by atoms with Gasteiger partial charge in [-0.15, -0.1) is 11.3 Å². The Kier molecular flexibility index (Phi) is 3.70. The van der Waals surface area contributed by atoms with Crippen LogP contribution in [0.2, 0.25) is 0 Å². The highest BCUT2D eigenvalue weighted by molar-refractivity contribution is 7.15. The van der Waals surface area contributed by atoms with Gasteiger partial charge in [0, 0.05) is 34.3 Å². The second-order valence-corrected chi connectivity index (χ2v) is 9.85. The minimum Gasteiger partial charge on any atom is -0.497 e. The molecule has 6 bridgehead atoms. The first-order valence-electron chi connectivity index (χ1n) is 10.3. The third-order valence-electron chi connectivity index (χ3n) is 7.92. The quantitative estimate of drug-likeness (QED) is 0.733. The average Bonchev–Trinajstić information content (AvgIpc) is 3.35. The summed E-state index contributed by atoms with van der Waals surface area (Å²) in [5, 5.41) is 0. The SMILES string of the molecule is COC(=O)C1C2C3CN4C1CCC4C2C3c1ccc(-c2ccc(OC)cc2)s1. The fraction of sp³-hybridized carbons (Fsp3) is 0.522. The van der Waals surface area contributed by atoms with Crippen LogP contribution in [0.15, 0.2) is 36.4 Å². The Morgan fingerprint density at radius 1 is 1.04 bits per heavy atom. The number of hydrogen-bond acceptors (Lipinski definition) is 5. The van der Waals surface area contributed by atoms with E-state index in [2.05, 4.69) is 29.2 Å². The molecule has 0 spiro atoms. The minimum absolute atomic E-state index is 0.0265. The number of thiophene rings is 1. The molecule has 8 unspecified atom stereocenters. The maximum atomic E-state index is 12.5. The first-order valence-corrected chi connectivity index (χ1v) is 11.1. The van der Waals surface area contributed by atoms with E-state index in [1.807, 2.05) is 23.5 Å². The number of carbonyl (C=O) groups excluding carboxylic acids is 1. The lowest BCUT2D eigenvalue weighted by Crippen LogP contribution is -2.73. The highest BCUT2D eigenvalue weighted by Crippen LogP contribution is 2.69. The highest BCUT2D eigenvalue weighted by Gasteiger charge is 2.71. The Morgan fingerprint density at radius 3 is 2.57 bits per heavy atom. The summed E-state index contributed by atoms with van der Waals surface area (Å²) in [7, 11) is 3.25. The van der Waals surface area contributed by atoms with Gasteiger partial charge in [-0.05, 0) is 72.6 Å². The molecule has 1 saturated carbocycles. The molecular weight excluding hydrogens is 370 g/mol. The van der Waals surface area contributed by atoms with Crippen LogP contribution in [0, 0.1) is 23.7 Å². The van der Waals surface area contributed by atoms with Gasteiger partial charge < -0.3 is 9.47 Å². The van der Waals surface area contributed by atoms with E-state index in [0.29, 0.717) is 35.8 Å². The van der Waals surface area contributed by atoms with Crippen molar-refractivity contribution in [1.29, 1.82) is 0 Å². The van der Waals surface area contributed by atoms with Gasteiger partial charge in [-0.3, -0.25) is 9.69 Å². The number of piperidine rings is 4. The molecule has 4 aliphatic heterocycles. The maximum absolute atomic E-state index is 12.5. The van der Waals surface area contributed by atoms with Gasteiger partial charge in [0.05, 0.1) is 20.1 Å². The third kappa shape index (κ3) is 2.12. The molecule has 7 rings (SSSR count). The van der Waals surface area contributed by atoms with Gasteiger partial charge in [-0.1, -0.05) is 0 Å². The molecule has 0 N–H and O–H groups in total. The molecule has 0 radical (unpaired) electrons. The van der Waals surface area contributed by atoms with Crippen LogP contribution in [-0.2, 0) is 9.53 Å². The van der Waals surface area contributed by atoms with Gasteiger partial charge in [0.15, 0.2) is 0 Å². The first kappa shape index (κ1) is 17.0. The standard InChI is InChI=1S/C23H25NO3S/c1-26-13-5-3-12(4-6-13)17-9-10-18(28-17)19-14-11-24-15-7-8-16(24)22(23(25)27-2)20(14)21(15)19/h3-6,9-10,14-16,19-22H,7-8,11H2,1-2H3. The van der Waals surface area contributed by atoms with Crippen molar-refractivity contribution in [2.45, 2.75) is 30.8 Å². The molecule has 146 valence electrons. The van der Waals surface area contributed by atoms with Crippen molar-refractivity contribution in [1.82, 2.24) is 4.90 Å². The maximum Gasteiger partial charge on any atom is 0.310 e. The lowest BCUT2D eigenvalue weighted by molar-refractivity contribution is -0.206. The van der Waals surface area contributed by atoms with Crippen LogP contribution in [0.1, 0.15) is 23.6 Å². The smallest absolute Gasteiger partial charge is 0.310 e. The van der Waals surface area contributed by atoms with Crippen LogP contribution >= 0.6 is 11.3 Å². The number of methoxy groups -OCH3 is 2. The van der Waals surface area contributed by atoms with Crippen molar-refractivity contribution >= 4 is 17.3 Å². The molecule has 1 aromatic carbocycles. The van der Waals surface area contributed by atoms with E-state index in [1.54, 1.807) is 14.2 Å². The zero-order valence-corrected chi connectivity index (χ0v) is 17.0. The van der Waals surface area contributed by atoms with Crippen LogP contribution in [0.4, 0.5) is 0 Å². The summed E-state index contributed by atoms with van der Waals surface area (Å²) in [5.41, 5.74) is 1.25. The molecule has 28 heavy (non-hydrogen) atoms. The van der Waals surface area contributed by atoms with E-state index >= 15 is 0 Å². The van der Waals surface area contributed by atoms with Crippen molar-refractivity contribution < 1.29 is 14.3 Å². The minimum atomic E-state index is 0.0265. The predicted molar refractivity (Wildman–Crippen MR) is 109 cm³/mol. The van der Waals surface area contributed by atoms with Gasteiger partial charge in [-0.25, -0.2) is 0 Å². The Bertz CT molecular complexity index is 922. The summed E-state index contributed by atoms with van der Waals surface area (Å²) in [4.78, 5) is 18.0. The van der Waals surface area contributed by atoms with Gasteiger partial charge in [0.25, 0.3) is 0 Å². The fourth-order valence-electron chi connectivity index (χ4n) is 6.92.